The maximum Gasteiger partial charge on any atom is 0.332 e. The average molecular weight is 461 g/mol. The van der Waals surface area contributed by atoms with Crippen molar-refractivity contribution < 1.29 is 0 Å². The molecule has 178 valence electrons. The van der Waals surface area contributed by atoms with E-state index in [-0.39, 0.29) is 12.1 Å². The van der Waals surface area contributed by atoms with Crippen LogP contribution in [0.4, 0.5) is 5.95 Å². The smallest absolute Gasteiger partial charge is 0.332 e. The third-order valence-corrected chi connectivity index (χ3v) is 6.84. The number of hydrogen-bond acceptors (Lipinski definition) is 5. The van der Waals surface area contributed by atoms with Crippen molar-refractivity contribution >= 4 is 17.1 Å². The van der Waals surface area contributed by atoms with E-state index in [4.69, 9.17) is 4.98 Å². The monoisotopic (exact) mass is 460 g/mol. The second-order valence-electron chi connectivity index (χ2n) is 9.32. The van der Waals surface area contributed by atoms with Crippen LogP contribution in [-0.4, -0.2) is 31.8 Å². The zero-order valence-corrected chi connectivity index (χ0v) is 20.4. The van der Waals surface area contributed by atoms with Gasteiger partial charge < -0.3 is 9.47 Å². The normalized spacial score (nSPS) is 14.4. The van der Waals surface area contributed by atoms with Gasteiger partial charge in [0, 0.05) is 26.7 Å². The van der Waals surface area contributed by atoms with Gasteiger partial charge in [-0.15, -0.1) is 0 Å². The van der Waals surface area contributed by atoms with Crippen LogP contribution in [0.15, 0.2) is 45.5 Å². The summed E-state index contributed by atoms with van der Waals surface area (Å²) < 4.78 is 4.61. The molecule has 1 aliphatic rings. The van der Waals surface area contributed by atoms with Crippen LogP contribution >= 0.6 is 0 Å². The number of piperidine rings is 1. The summed E-state index contributed by atoms with van der Waals surface area (Å²) in [7, 11) is 1.65. The second-order valence-corrected chi connectivity index (χ2v) is 9.32. The van der Waals surface area contributed by atoms with Gasteiger partial charge in [-0.3, -0.25) is 13.9 Å². The minimum atomic E-state index is -0.437. The first-order valence-electron chi connectivity index (χ1n) is 11.9. The summed E-state index contributed by atoms with van der Waals surface area (Å²) in [5.41, 5.74) is 2.24. The largest absolute Gasteiger partial charge is 0.342 e. The molecular weight excluding hydrogens is 428 g/mol. The first kappa shape index (κ1) is 23.6. The van der Waals surface area contributed by atoms with E-state index in [1.165, 1.54) is 15.6 Å². The first-order valence-corrected chi connectivity index (χ1v) is 11.9. The molecule has 0 spiro atoms. The number of benzene rings is 1. The number of hydrogen-bond donors (Lipinski definition) is 0. The fourth-order valence-electron chi connectivity index (χ4n) is 4.67. The van der Waals surface area contributed by atoms with Crippen molar-refractivity contribution in [3.63, 3.8) is 0 Å². The third-order valence-electron chi connectivity index (χ3n) is 6.84. The highest BCUT2D eigenvalue weighted by molar-refractivity contribution is 5.74. The van der Waals surface area contributed by atoms with Crippen LogP contribution in [0.1, 0.15) is 51.2 Å². The Morgan fingerprint density at radius 3 is 2.53 bits per heavy atom. The van der Waals surface area contributed by atoms with E-state index in [1.54, 1.807) is 31.3 Å². The molecule has 4 rings (SSSR count). The SMILES string of the molecule is CCC1CCN(c2nc3c(c(=O)n(Cc4ccccc4C#N)c(=O)n3C)n2CC=C(C)C)CC1. The molecule has 8 nitrogen and oxygen atoms in total. The van der Waals surface area contributed by atoms with Crippen molar-refractivity contribution in [2.75, 3.05) is 18.0 Å². The number of fused-ring (bicyclic) bond motifs is 1. The molecule has 1 aromatic carbocycles. The van der Waals surface area contributed by atoms with Crippen molar-refractivity contribution in [2.24, 2.45) is 13.0 Å². The summed E-state index contributed by atoms with van der Waals surface area (Å²) in [6.07, 6.45) is 5.43. The lowest BCUT2D eigenvalue weighted by Gasteiger charge is -2.32. The van der Waals surface area contributed by atoms with Gasteiger partial charge in [-0.05, 0) is 44.2 Å². The molecule has 0 unspecified atom stereocenters. The highest BCUT2D eigenvalue weighted by Crippen LogP contribution is 2.27. The van der Waals surface area contributed by atoms with Crippen LogP contribution in [0.5, 0.6) is 0 Å². The fraction of sp³-hybridized carbons (Fsp3) is 0.462. The molecule has 0 atom stereocenters. The minimum absolute atomic E-state index is 0.0379. The molecular formula is C26H32N6O2. The van der Waals surface area contributed by atoms with E-state index in [2.05, 4.69) is 24.0 Å². The summed E-state index contributed by atoms with van der Waals surface area (Å²) in [6, 6.07) is 9.20. The maximum absolute atomic E-state index is 13.7. The van der Waals surface area contributed by atoms with Crippen LogP contribution in [0, 0.1) is 17.2 Å². The van der Waals surface area contributed by atoms with Crippen LogP contribution in [-0.2, 0) is 20.1 Å². The number of imidazole rings is 1. The maximum atomic E-state index is 13.7. The highest BCUT2D eigenvalue weighted by Gasteiger charge is 2.26. The summed E-state index contributed by atoms with van der Waals surface area (Å²) in [6.45, 7) is 8.59. The van der Waals surface area contributed by atoms with Crippen LogP contribution in [0.2, 0.25) is 0 Å². The molecule has 3 aromatic rings. The molecule has 0 bridgehead atoms. The van der Waals surface area contributed by atoms with Crippen molar-refractivity contribution in [1.29, 1.82) is 5.26 Å². The van der Waals surface area contributed by atoms with Crippen LogP contribution in [0.3, 0.4) is 0 Å². The van der Waals surface area contributed by atoms with E-state index < -0.39 is 5.69 Å². The molecule has 2 aromatic heterocycles. The number of rotatable bonds is 6. The molecule has 0 amide bonds. The van der Waals surface area contributed by atoms with Gasteiger partial charge in [-0.1, -0.05) is 43.2 Å². The van der Waals surface area contributed by atoms with Crippen LogP contribution in [0.25, 0.3) is 11.2 Å². The van der Waals surface area contributed by atoms with Gasteiger partial charge in [0.2, 0.25) is 5.95 Å². The zero-order chi connectivity index (χ0) is 24.4. The summed E-state index contributed by atoms with van der Waals surface area (Å²) in [5.74, 6) is 1.46. The third kappa shape index (κ3) is 4.30. The van der Waals surface area contributed by atoms with E-state index in [0.717, 1.165) is 37.5 Å². The topological polar surface area (TPSA) is 88.9 Å². The molecule has 0 N–H and O–H groups in total. The molecule has 34 heavy (non-hydrogen) atoms. The Morgan fingerprint density at radius 1 is 1.18 bits per heavy atom. The van der Waals surface area contributed by atoms with Gasteiger partial charge in [0.05, 0.1) is 18.2 Å². The predicted octanol–water partition coefficient (Wildman–Crippen LogP) is 3.41. The van der Waals surface area contributed by atoms with E-state index in [0.29, 0.717) is 34.8 Å². The number of allylic oxidation sites excluding steroid dienone is 2. The van der Waals surface area contributed by atoms with Crippen molar-refractivity contribution in [1.82, 2.24) is 18.7 Å². The molecule has 0 radical (unpaired) electrons. The Bertz CT molecular complexity index is 1390. The molecule has 3 heterocycles. The molecule has 1 fully saturated rings. The highest BCUT2D eigenvalue weighted by atomic mass is 16.2. The lowest BCUT2D eigenvalue weighted by Crippen LogP contribution is -2.40. The Hall–Kier alpha value is -3.60. The number of aromatic nitrogens is 4. The zero-order valence-electron chi connectivity index (χ0n) is 20.4. The van der Waals surface area contributed by atoms with E-state index in [9.17, 15) is 14.9 Å². The average Bonchev–Trinajstić information content (AvgIpc) is 3.24. The lowest BCUT2D eigenvalue weighted by atomic mass is 9.95. The van der Waals surface area contributed by atoms with Gasteiger partial charge in [0.1, 0.15) is 0 Å². The summed E-state index contributed by atoms with van der Waals surface area (Å²) >= 11 is 0. The van der Waals surface area contributed by atoms with E-state index in [1.807, 2.05) is 18.4 Å². The molecule has 1 saturated heterocycles. The molecule has 0 aliphatic carbocycles. The Labute approximate surface area is 199 Å². The van der Waals surface area contributed by atoms with Gasteiger partial charge in [0.15, 0.2) is 11.2 Å². The standard InChI is InChI=1S/C26H32N6O2/c1-5-19-11-13-30(14-12-19)25-28-23-22(31(25)15-10-18(2)3)24(33)32(26(34)29(23)4)17-21-9-7-6-8-20(21)16-27/h6-10,19H,5,11-15,17H2,1-4H3. The second kappa shape index (κ2) is 9.72. The van der Waals surface area contributed by atoms with Gasteiger partial charge in [-0.2, -0.15) is 10.2 Å². The lowest BCUT2D eigenvalue weighted by molar-refractivity contribution is 0.390. The first-order chi connectivity index (χ1) is 16.3. The Balaban J connectivity index is 1.90. The Kier molecular flexibility index (Phi) is 6.73. The van der Waals surface area contributed by atoms with E-state index >= 15 is 0 Å². The number of nitrogens with zero attached hydrogens (tertiary/aromatic N) is 6. The quantitative estimate of drug-likeness (QED) is 0.526. The number of aryl methyl sites for hydroxylation is 1. The van der Waals surface area contributed by atoms with Gasteiger partial charge in [-0.25, -0.2) is 4.79 Å². The number of nitriles is 1. The molecule has 0 saturated carbocycles. The van der Waals surface area contributed by atoms with Crippen molar-refractivity contribution in [2.45, 2.75) is 53.1 Å². The van der Waals surface area contributed by atoms with Crippen molar-refractivity contribution in [3.8, 4) is 6.07 Å². The summed E-state index contributed by atoms with van der Waals surface area (Å²) in [4.78, 5) is 34.0. The molecule has 8 heteroatoms. The van der Waals surface area contributed by atoms with Gasteiger partial charge in [0.25, 0.3) is 5.56 Å². The predicted molar refractivity (Wildman–Crippen MR) is 134 cm³/mol. The van der Waals surface area contributed by atoms with Crippen molar-refractivity contribution in [3.05, 3.63) is 67.9 Å². The molecule has 1 aliphatic heterocycles. The minimum Gasteiger partial charge on any atom is -0.342 e. The van der Waals surface area contributed by atoms with Gasteiger partial charge >= 0.3 is 5.69 Å². The van der Waals surface area contributed by atoms with Crippen LogP contribution < -0.4 is 16.1 Å². The fourth-order valence-corrected chi connectivity index (χ4v) is 4.67. The Morgan fingerprint density at radius 2 is 1.88 bits per heavy atom. The summed E-state index contributed by atoms with van der Waals surface area (Å²) in [5, 5.41) is 9.46. The number of anilines is 1.